The van der Waals surface area contributed by atoms with Gasteiger partial charge in [-0.3, -0.25) is 9.59 Å². The molecule has 5 aliphatic carbocycles. The van der Waals surface area contributed by atoms with E-state index in [1.807, 2.05) is 0 Å². The molecule has 3 fully saturated rings. The summed E-state index contributed by atoms with van der Waals surface area (Å²) >= 11 is 0. The van der Waals surface area contributed by atoms with E-state index in [1.54, 1.807) is 5.57 Å². The van der Waals surface area contributed by atoms with Gasteiger partial charge in [0.05, 0.1) is 6.10 Å². The number of aliphatic hydroxyl groups is 1. The normalized spacial score (nSPS) is 40.1. The third kappa shape index (κ3) is 5.52. The summed E-state index contributed by atoms with van der Waals surface area (Å²) in [6.07, 6.45) is 22.2. The van der Waals surface area contributed by atoms with Crippen LogP contribution >= 0.6 is 0 Å². The Balaban J connectivity index is 0.000000325. The average Bonchev–Trinajstić information content (AvgIpc) is 3.19. The second kappa shape index (κ2) is 11.1. The summed E-state index contributed by atoms with van der Waals surface area (Å²) in [4.78, 5) is 20.6. The van der Waals surface area contributed by atoms with Gasteiger partial charge in [-0.2, -0.15) is 0 Å². The first-order chi connectivity index (χ1) is 17.0. The minimum absolute atomic E-state index is 0.0766. The molecule has 0 aromatic rings. The lowest BCUT2D eigenvalue weighted by Gasteiger charge is -2.58. The second-order valence-corrected chi connectivity index (χ2v) is 13.7. The Morgan fingerprint density at radius 3 is 2.19 bits per heavy atom. The van der Waals surface area contributed by atoms with Crippen molar-refractivity contribution in [1.29, 1.82) is 0 Å². The van der Waals surface area contributed by atoms with Crippen LogP contribution in [0.1, 0.15) is 105 Å². The van der Waals surface area contributed by atoms with Crippen molar-refractivity contribution in [1.82, 2.24) is 0 Å². The van der Waals surface area contributed by atoms with Gasteiger partial charge in [-0.15, -0.1) is 0 Å². The minimum Gasteiger partial charge on any atom is -0.393 e. The minimum atomic E-state index is -0.121. The van der Waals surface area contributed by atoms with Crippen molar-refractivity contribution in [2.24, 2.45) is 46.3 Å². The molecule has 0 bridgehead atoms. The van der Waals surface area contributed by atoms with E-state index in [9.17, 15) is 14.7 Å². The van der Waals surface area contributed by atoms with Crippen molar-refractivity contribution in [3.05, 3.63) is 36.0 Å². The molecule has 3 nitrogen and oxygen atoms in total. The lowest BCUT2D eigenvalue weighted by molar-refractivity contribution is -0.113. The fraction of sp³-hybridized carbons (Fsp3) is 0.758. The predicted octanol–water partition coefficient (Wildman–Crippen LogP) is 7.64. The summed E-state index contributed by atoms with van der Waals surface area (Å²) in [6.45, 7) is 12.6. The van der Waals surface area contributed by atoms with Gasteiger partial charge in [-0.25, -0.2) is 0 Å². The topological polar surface area (TPSA) is 54.4 Å². The van der Waals surface area contributed by atoms with Crippen molar-refractivity contribution in [3.8, 4) is 0 Å². The van der Waals surface area contributed by atoms with E-state index in [0.717, 1.165) is 48.3 Å². The molecule has 0 spiro atoms. The molecule has 0 unspecified atom stereocenters. The molecule has 0 aromatic carbocycles. The Morgan fingerprint density at radius 2 is 1.56 bits per heavy atom. The highest BCUT2D eigenvalue weighted by atomic mass is 16.3. The molecular formula is C33H50O3. The van der Waals surface area contributed by atoms with Crippen LogP contribution in [0.25, 0.3) is 0 Å². The highest BCUT2D eigenvalue weighted by Gasteiger charge is 2.59. The Hall–Kier alpha value is -1.48. The number of carbonyl (C=O) groups is 2. The van der Waals surface area contributed by atoms with E-state index in [-0.39, 0.29) is 17.7 Å². The highest BCUT2D eigenvalue weighted by Crippen LogP contribution is 2.67. The maximum Gasteiger partial charge on any atom is 0.178 e. The molecular weight excluding hydrogens is 444 g/mol. The van der Waals surface area contributed by atoms with Gasteiger partial charge < -0.3 is 5.11 Å². The quantitative estimate of drug-likeness (QED) is 0.316. The number of rotatable bonds is 5. The number of allylic oxidation sites excluding steroid dienone is 5. The summed E-state index contributed by atoms with van der Waals surface area (Å²) in [5, 5.41) is 10.2. The van der Waals surface area contributed by atoms with Crippen LogP contribution < -0.4 is 0 Å². The van der Waals surface area contributed by atoms with Gasteiger partial charge in [0.1, 0.15) is 0 Å². The molecule has 3 heteroatoms. The van der Waals surface area contributed by atoms with Crippen LogP contribution in [0, 0.1) is 46.3 Å². The van der Waals surface area contributed by atoms with E-state index < -0.39 is 0 Å². The van der Waals surface area contributed by atoms with Crippen LogP contribution in [-0.2, 0) is 9.59 Å². The molecule has 0 amide bonds. The summed E-state index contributed by atoms with van der Waals surface area (Å²) in [5.41, 5.74) is 2.60. The predicted molar refractivity (Wildman–Crippen MR) is 147 cm³/mol. The van der Waals surface area contributed by atoms with Crippen LogP contribution in [0.2, 0.25) is 0 Å². The SMILES string of the molecule is CC(C)CCC[C@@H](C)[C@H]1CC[C@H]2[C@@H]3CC=C4C[C@@H](O)CC[C@]4(C)[C@H]3CC[C@]12C.O=C1C=CC(=O)C=C1. The van der Waals surface area contributed by atoms with Gasteiger partial charge in [0.25, 0.3) is 0 Å². The molecule has 0 aromatic heterocycles. The van der Waals surface area contributed by atoms with Crippen LogP contribution in [0.4, 0.5) is 0 Å². The van der Waals surface area contributed by atoms with Gasteiger partial charge in [0, 0.05) is 0 Å². The van der Waals surface area contributed by atoms with Gasteiger partial charge in [0.15, 0.2) is 11.6 Å². The smallest absolute Gasteiger partial charge is 0.178 e. The zero-order valence-electron chi connectivity index (χ0n) is 23.5. The number of aliphatic hydroxyl groups excluding tert-OH is 1. The number of ketones is 2. The summed E-state index contributed by atoms with van der Waals surface area (Å²) in [7, 11) is 0. The molecule has 5 rings (SSSR count). The molecule has 0 aliphatic heterocycles. The molecule has 1 N–H and O–H groups in total. The van der Waals surface area contributed by atoms with E-state index in [1.165, 1.54) is 82.1 Å². The van der Waals surface area contributed by atoms with Crippen molar-refractivity contribution in [2.75, 3.05) is 0 Å². The fourth-order valence-corrected chi connectivity index (χ4v) is 9.11. The molecule has 0 radical (unpaired) electrons. The maximum absolute atomic E-state index is 10.3. The number of hydrogen-bond donors (Lipinski definition) is 1. The number of carbonyl (C=O) groups excluding carboxylic acids is 2. The highest BCUT2D eigenvalue weighted by molar-refractivity contribution is 6.14. The van der Waals surface area contributed by atoms with Crippen molar-refractivity contribution < 1.29 is 14.7 Å². The maximum atomic E-state index is 10.3. The van der Waals surface area contributed by atoms with Gasteiger partial charge in [-0.05, 0) is 122 Å². The summed E-state index contributed by atoms with van der Waals surface area (Å²) < 4.78 is 0. The first-order valence-electron chi connectivity index (χ1n) is 14.9. The summed E-state index contributed by atoms with van der Waals surface area (Å²) in [6, 6.07) is 0. The number of fused-ring (bicyclic) bond motifs is 5. The molecule has 0 heterocycles. The van der Waals surface area contributed by atoms with Gasteiger partial charge in [0.2, 0.25) is 0 Å². The van der Waals surface area contributed by atoms with Crippen molar-refractivity contribution in [2.45, 2.75) is 111 Å². The molecule has 0 saturated heterocycles. The van der Waals surface area contributed by atoms with Gasteiger partial charge >= 0.3 is 0 Å². The molecule has 200 valence electrons. The standard InChI is InChI=1S/C27H46O.C6H4O2/c1-18(2)7-6-8-19(3)23-11-12-24-22-10-9-20-17-21(28)13-15-26(20,4)25(22)14-16-27(23,24)5;7-5-1-2-6(8)4-3-5/h9,18-19,21-25,28H,6-8,10-17H2,1-5H3;1-4H/t19-,21+,22+,23-,24+,25+,26+,27-;/m1./s1. The van der Waals surface area contributed by atoms with Crippen LogP contribution in [0.15, 0.2) is 36.0 Å². The molecule has 36 heavy (non-hydrogen) atoms. The third-order valence-electron chi connectivity index (χ3n) is 11.1. The first-order valence-corrected chi connectivity index (χ1v) is 14.9. The molecule has 3 saturated carbocycles. The Bertz CT molecular complexity index is 872. The molecule has 5 aliphatic rings. The van der Waals surface area contributed by atoms with E-state index in [0.29, 0.717) is 10.8 Å². The fourth-order valence-electron chi connectivity index (χ4n) is 9.11. The van der Waals surface area contributed by atoms with E-state index in [4.69, 9.17) is 0 Å². The average molecular weight is 495 g/mol. The second-order valence-electron chi connectivity index (χ2n) is 13.7. The molecule has 8 atom stereocenters. The Morgan fingerprint density at radius 1 is 0.889 bits per heavy atom. The van der Waals surface area contributed by atoms with Gasteiger partial charge in [-0.1, -0.05) is 65.5 Å². The monoisotopic (exact) mass is 494 g/mol. The third-order valence-corrected chi connectivity index (χ3v) is 11.1. The van der Waals surface area contributed by atoms with Crippen LogP contribution in [-0.4, -0.2) is 22.8 Å². The Kier molecular flexibility index (Phi) is 8.49. The van der Waals surface area contributed by atoms with E-state index in [2.05, 4.69) is 40.7 Å². The van der Waals surface area contributed by atoms with Crippen molar-refractivity contribution in [3.63, 3.8) is 0 Å². The number of hydrogen-bond acceptors (Lipinski definition) is 3. The van der Waals surface area contributed by atoms with Crippen molar-refractivity contribution >= 4 is 11.6 Å². The zero-order valence-corrected chi connectivity index (χ0v) is 23.5. The van der Waals surface area contributed by atoms with Crippen LogP contribution in [0.3, 0.4) is 0 Å². The summed E-state index contributed by atoms with van der Waals surface area (Å²) in [5.74, 6) is 5.22. The first kappa shape index (κ1) is 27.6. The van der Waals surface area contributed by atoms with E-state index >= 15 is 0 Å². The lowest BCUT2D eigenvalue weighted by atomic mass is 9.47. The zero-order chi connectivity index (χ0) is 26.1. The Labute approximate surface area is 219 Å². The van der Waals surface area contributed by atoms with Crippen LogP contribution in [0.5, 0.6) is 0 Å². The largest absolute Gasteiger partial charge is 0.393 e. The lowest BCUT2D eigenvalue weighted by Crippen LogP contribution is -2.50.